The highest BCUT2D eigenvalue weighted by Crippen LogP contribution is 2.23. The van der Waals surface area contributed by atoms with Crippen molar-refractivity contribution in [3.63, 3.8) is 0 Å². The molecule has 25 heavy (non-hydrogen) atoms. The van der Waals surface area contributed by atoms with Gasteiger partial charge in [0, 0.05) is 0 Å². The predicted molar refractivity (Wildman–Crippen MR) is 92.4 cm³/mol. The average molecular weight is 357 g/mol. The van der Waals surface area contributed by atoms with Crippen LogP contribution >= 0.6 is 11.8 Å². The molecule has 7 heteroatoms. The Morgan fingerprint density at radius 1 is 0.960 bits per heavy atom. The van der Waals surface area contributed by atoms with E-state index in [1.807, 2.05) is 30.3 Å². The maximum Gasteiger partial charge on any atom is 0.338 e. The molecule has 0 N–H and O–H groups in total. The zero-order chi connectivity index (χ0) is 17.5. The van der Waals surface area contributed by atoms with Crippen molar-refractivity contribution in [1.82, 2.24) is 4.98 Å². The molecule has 0 fully saturated rings. The van der Waals surface area contributed by atoms with E-state index < -0.39 is 11.9 Å². The molecule has 0 atom stereocenters. The third-order valence-electron chi connectivity index (χ3n) is 3.18. The van der Waals surface area contributed by atoms with Gasteiger partial charge in [0.05, 0.1) is 5.56 Å². The third kappa shape index (κ3) is 4.84. The van der Waals surface area contributed by atoms with Crippen LogP contribution in [0, 0.1) is 0 Å². The summed E-state index contributed by atoms with van der Waals surface area (Å²) in [6.45, 7) is 0.0124. The van der Waals surface area contributed by atoms with E-state index in [1.165, 1.54) is 0 Å². The lowest BCUT2D eigenvalue weighted by molar-refractivity contribution is -0.141. The molecule has 0 unspecified atom stereocenters. The molecule has 3 rings (SSSR count). The number of aromatic nitrogens is 1. The summed E-state index contributed by atoms with van der Waals surface area (Å²) >= 11 is 1.16. The minimum absolute atomic E-state index is 0.00548. The van der Waals surface area contributed by atoms with E-state index in [1.54, 1.807) is 24.3 Å². The van der Waals surface area contributed by atoms with Crippen molar-refractivity contribution in [3.8, 4) is 0 Å². The molecule has 0 aliphatic heterocycles. The summed E-state index contributed by atoms with van der Waals surface area (Å²) in [6.07, 6.45) is 0. The molecule has 0 saturated heterocycles. The summed E-state index contributed by atoms with van der Waals surface area (Å²) in [6, 6.07) is 16.0. The summed E-state index contributed by atoms with van der Waals surface area (Å²) in [4.78, 5) is 27.6. The first-order valence-corrected chi connectivity index (χ1v) is 8.57. The Kier molecular flexibility index (Phi) is 5.69. The molecule has 1 aromatic heterocycles. The van der Waals surface area contributed by atoms with Gasteiger partial charge in [-0.1, -0.05) is 42.1 Å². The Morgan fingerprint density at radius 2 is 1.68 bits per heavy atom. The number of benzene rings is 2. The highest BCUT2D eigenvalue weighted by molar-refractivity contribution is 7.99. The quantitative estimate of drug-likeness (QED) is 0.364. The second kappa shape index (κ2) is 8.34. The van der Waals surface area contributed by atoms with Crippen LogP contribution in [0.5, 0.6) is 0 Å². The van der Waals surface area contributed by atoms with E-state index in [4.69, 9.17) is 13.9 Å². The normalized spacial score (nSPS) is 10.6. The van der Waals surface area contributed by atoms with Crippen LogP contribution in [0.4, 0.5) is 0 Å². The van der Waals surface area contributed by atoms with Gasteiger partial charge in [-0.2, -0.15) is 0 Å². The number of ether oxygens (including phenoxy) is 2. The van der Waals surface area contributed by atoms with Gasteiger partial charge in [0.1, 0.15) is 24.5 Å². The van der Waals surface area contributed by atoms with Crippen LogP contribution < -0.4 is 0 Å². The van der Waals surface area contributed by atoms with Gasteiger partial charge in [0.25, 0.3) is 5.22 Å². The fraction of sp³-hybridized carbons (Fsp3) is 0.167. The van der Waals surface area contributed by atoms with Crippen LogP contribution in [0.1, 0.15) is 10.4 Å². The van der Waals surface area contributed by atoms with Crippen LogP contribution in [-0.2, 0) is 14.3 Å². The molecule has 6 nitrogen and oxygen atoms in total. The van der Waals surface area contributed by atoms with Gasteiger partial charge in [-0.05, 0) is 24.3 Å². The molecule has 1 heterocycles. The van der Waals surface area contributed by atoms with Crippen molar-refractivity contribution in [2.45, 2.75) is 5.22 Å². The zero-order valence-electron chi connectivity index (χ0n) is 13.2. The largest absolute Gasteiger partial charge is 0.461 e. The molecule has 3 aromatic rings. The predicted octanol–water partition coefficient (Wildman–Crippen LogP) is 3.32. The van der Waals surface area contributed by atoms with Crippen molar-refractivity contribution in [1.29, 1.82) is 0 Å². The number of carbonyl (C=O) groups is 2. The monoisotopic (exact) mass is 357 g/mol. The number of fused-ring (bicyclic) bond motifs is 1. The Hall–Kier alpha value is -2.80. The van der Waals surface area contributed by atoms with Crippen molar-refractivity contribution in [3.05, 3.63) is 60.2 Å². The van der Waals surface area contributed by atoms with Crippen LogP contribution in [0.3, 0.4) is 0 Å². The average Bonchev–Trinajstić information content (AvgIpc) is 3.07. The minimum atomic E-state index is -0.447. The van der Waals surface area contributed by atoms with Crippen LogP contribution in [0.25, 0.3) is 11.1 Å². The van der Waals surface area contributed by atoms with Crippen molar-refractivity contribution in [2.75, 3.05) is 19.0 Å². The van der Waals surface area contributed by atoms with Gasteiger partial charge in [-0.15, -0.1) is 0 Å². The summed E-state index contributed by atoms with van der Waals surface area (Å²) < 4.78 is 15.5. The lowest BCUT2D eigenvalue weighted by Crippen LogP contribution is -2.15. The second-order valence-electron chi connectivity index (χ2n) is 4.96. The van der Waals surface area contributed by atoms with E-state index in [0.29, 0.717) is 16.4 Å². The van der Waals surface area contributed by atoms with E-state index in [-0.39, 0.29) is 19.0 Å². The summed E-state index contributed by atoms with van der Waals surface area (Å²) in [5, 5.41) is 0.411. The number of hydrogen-bond acceptors (Lipinski definition) is 7. The molecule has 0 radical (unpaired) electrons. The Balaban J connectivity index is 1.36. The standard InChI is InChI=1S/C18H15NO5S/c20-16(12-25-18-19-14-8-4-5-9-15(14)24-18)22-10-11-23-17(21)13-6-2-1-3-7-13/h1-9H,10-12H2. The highest BCUT2D eigenvalue weighted by atomic mass is 32.2. The third-order valence-corrected chi connectivity index (χ3v) is 3.98. The zero-order valence-corrected chi connectivity index (χ0v) is 14.0. The van der Waals surface area contributed by atoms with E-state index in [0.717, 1.165) is 17.3 Å². The first-order valence-electron chi connectivity index (χ1n) is 7.58. The van der Waals surface area contributed by atoms with Gasteiger partial charge < -0.3 is 13.9 Å². The maximum atomic E-state index is 11.7. The van der Waals surface area contributed by atoms with Crippen LogP contribution in [-0.4, -0.2) is 35.9 Å². The molecule has 0 aliphatic rings. The number of hydrogen-bond donors (Lipinski definition) is 0. The molecule has 0 saturated carbocycles. The molecule has 0 bridgehead atoms. The van der Waals surface area contributed by atoms with Gasteiger partial charge in [-0.25, -0.2) is 9.78 Å². The van der Waals surface area contributed by atoms with Gasteiger partial charge in [0.15, 0.2) is 5.58 Å². The number of rotatable bonds is 7. The Bertz CT molecular complexity index is 829. The SMILES string of the molecule is O=C(CSc1nc2ccccc2o1)OCCOC(=O)c1ccccc1. The fourth-order valence-corrected chi connectivity index (χ4v) is 2.66. The highest BCUT2D eigenvalue weighted by Gasteiger charge is 2.11. The molecule has 2 aromatic carbocycles. The van der Waals surface area contributed by atoms with E-state index >= 15 is 0 Å². The first kappa shape index (κ1) is 17.0. The maximum absolute atomic E-state index is 11.7. The fourth-order valence-electron chi connectivity index (χ4n) is 2.02. The number of para-hydroxylation sites is 2. The molecule has 128 valence electrons. The number of oxazole rings is 1. The lowest BCUT2D eigenvalue weighted by Gasteiger charge is -2.05. The number of carbonyl (C=O) groups excluding carboxylic acids is 2. The molecular formula is C18H15NO5S. The number of nitrogens with zero attached hydrogens (tertiary/aromatic N) is 1. The lowest BCUT2D eigenvalue weighted by atomic mass is 10.2. The first-order chi connectivity index (χ1) is 12.2. The smallest absolute Gasteiger partial charge is 0.338 e. The summed E-state index contributed by atoms with van der Waals surface area (Å²) in [5.74, 6) is -0.806. The van der Waals surface area contributed by atoms with Crippen molar-refractivity contribution in [2.24, 2.45) is 0 Å². The van der Waals surface area contributed by atoms with E-state index in [2.05, 4.69) is 4.98 Å². The number of esters is 2. The van der Waals surface area contributed by atoms with Crippen molar-refractivity contribution >= 4 is 34.8 Å². The molecule has 0 spiro atoms. The van der Waals surface area contributed by atoms with Gasteiger partial charge >= 0.3 is 11.9 Å². The van der Waals surface area contributed by atoms with Crippen LogP contribution in [0.2, 0.25) is 0 Å². The van der Waals surface area contributed by atoms with Crippen molar-refractivity contribution < 1.29 is 23.5 Å². The topological polar surface area (TPSA) is 78.6 Å². The molecule has 0 amide bonds. The van der Waals surface area contributed by atoms with Gasteiger partial charge in [0.2, 0.25) is 0 Å². The Morgan fingerprint density at radius 3 is 2.48 bits per heavy atom. The molecule has 0 aliphatic carbocycles. The van der Waals surface area contributed by atoms with E-state index in [9.17, 15) is 9.59 Å². The second-order valence-corrected chi connectivity index (χ2v) is 5.89. The summed E-state index contributed by atoms with van der Waals surface area (Å²) in [7, 11) is 0. The minimum Gasteiger partial charge on any atom is -0.461 e. The van der Waals surface area contributed by atoms with Crippen LogP contribution in [0.15, 0.2) is 64.2 Å². The Labute approximate surface area is 148 Å². The molecular weight excluding hydrogens is 342 g/mol. The van der Waals surface area contributed by atoms with Gasteiger partial charge in [-0.3, -0.25) is 4.79 Å². The summed E-state index contributed by atoms with van der Waals surface area (Å²) in [5.41, 5.74) is 1.87. The number of thioether (sulfide) groups is 1.